The van der Waals surface area contributed by atoms with Crippen LogP contribution in [0.4, 0.5) is 0 Å². The highest BCUT2D eigenvalue weighted by atomic mass is 16.3. The lowest BCUT2D eigenvalue weighted by Gasteiger charge is -1.91. The van der Waals surface area contributed by atoms with Crippen LogP contribution in [0.3, 0.4) is 0 Å². The van der Waals surface area contributed by atoms with Crippen molar-refractivity contribution in [2.45, 2.75) is 0 Å². The van der Waals surface area contributed by atoms with Crippen molar-refractivity contribution in [2.24, 2.45) is 0 Å². The molecule has 0 bridgehead atoms. The molecule has 2 aromatic heterocycles. The molecule has 2 rings (SSSR count). The Morgan fingerprint density at radius 2 is 2.40 bits per heavy atom. The summed E-state index contributed by atoms with van der Waals surface area (Å²) in [5.74, 6) is 0.153. The fraction of sp³-hybridized carbons (Fsp3) is 0. The molecule has 0 spiro atoms. The monoisotopic (exact) mass is 135 g/mol. The van der Waals surface area contributed by atoms with Gasteiger partial charge in [0.05, 0.1) is 0 Å². The van der Waals surface area contributed by atoms with E-state index in [1.165, 1.54) is 6.33 Å². The number of nitrogens with zero attached hydrogens (tertiary/aromatic N) is 3. The van der Waals surface area contributed by atoms with E-state index in [4.69, 9.17) is 5.11 Å². The Morgan fingerprint density at radius 1 is 1.50 bits per heavy atom. The standard InChI is InChI=1S/C6H5N3O/c10-5-2-1-3-9-4-7-8-6(5)9/h1-4,10H. The van der Waals surface area contributed by atoms with E-state index in [-0.39, 0.29) is 5.75 Å². The van der Waals surface area contributed by atoms with Crippen molar-refractivity contribution in [3.05, 3.63) is 24.7 Å². The highest BCUT2D eigenvalue weighted by molar-refractivity contribution is 5.50. The first-order chi connectivity index (χ1) is 4.88. The van der Waals surface area contributed by atoms with Crippen molar-refractivity contribution in [1.82, 2.24) is 14.6 Å². The molecule has 0 saturated carbocycles. The lowest BCUT2D eigenvalue weighted by Crippen LogP contribution is -1.80. The van der Waals surface area contributed by atoms with Gasteiger partial charge in [-0.2, -0.15) is 0 Å². The van der Waals surface area contributed by atoms with E-state index in [0.717, 1.165) is 0 Å². The fourth-order valence-electron chi connectivity index (χ4n) is 0.836. The zero-order valence-electron chi connectivity index (χ0n) is 5.10. The van der Waals surface area contributed by atoms with Gasteiger partial charge < -0.3 is 5.11 Å². The molecule has 10 heavy (non-hydrogen) atoms. The van der Waals surface area contributed by atoms with E-state index < -0.39 is 0 Å². The molecular weight excluding hydrogens is 130 g/mol. The Morgan fingerprint density at radius 3 is 3.20 bits per heavy atom. The summed E-state index contributed by atoms with van der Waals surface area (Å²) in [6.07, 6.45) is 3.31. The maximum atomic E-state index is 9.14. The highest BCUT2D eigenvalue weighted by Crippen LogP contribution is 2.12. The summed E-state index contributed by atoms with van der Waals surface area (Å²) < 4.78 is 1.65. The zero-order valence-corrected chi connectivity index (χ0v) is 5.10. The maximum absolute atomic E-state index is 9.14. The minimum absolute atomic E-state index is 0.153. The number of fused-ring (bicyclic) bond motifs is 1. The first-order valence-electron chi connectivity index (χ1n) is 2.85. The van der Waals surface area contributed by atoms with Crippen molar-refractivity contribution < 1.29 is 5.11 Å². The molecule has 0 radical (unpaired) electrons. The van der Waals surface area contributed by atoms with Gasteiger partial charge in [0.25, 0.3) is 0 Å². The van der Waals surface area contributed by atoms with E-state index in [1.54, 1.807) is 22.7 Å². The van der Waals surface area contributed by atoms with Gasteiger partial charge in [-0.1, -0.05) is 0 Å². The quantitative estimate of drug-likeness (QED) is 0.570. The number of rotatable bonds is 0. The van der Waals surface area contributed by atoms with E-state index >= 15 is 0 Å². The summed E-state index contributed by atoms with van der Waals surface area (Å²) in [7, 11) is 0. The van der Waals surface area contributed by atoms with Gasteiger partial charge in [-0.3, -0.25) is 4.40 Å². The molecule has 4 heteroatoms. The minimum Gasteiger partial charge on any atom is -0.504 e. The smallest absolute Gasteiger partial charge is 0.202 e. The molecule has 0 aliphatic rings. The second kappa shape index (κ2) is 1.70. The van der Waals surface area contributed by atoms with Gasteiger partial charge in [0.15, 0.2) is 5.75 Å². The predicted molar refractivity (Wildman–Crippen MR) is 34.7 cm³/mol. The molecule has 0 aromatic carbocycles. The average molecular weight is 135 g/mol. The second-order valence-corrected chi connectivity index (χ2v) is 1.96. The van der Waals surface area contributed by atoms with Gasteiger partial charge in [-0.25, -0.2) is 0 Å². The molecule has 4 nitrogen and oxygen atoms in total. The van der Waals surface area contributed by atoms with Crippen LogP contribution in [0.25, 0.3) is 5.65 Å². The van der Waals surface area contributed by atoms with Crippen LogP contribution in [0.1, 0.15) is 0 Å². The van der Waals surface area contributed by atoms with E-state index in [2.05, 4.69) is 10.2 Å². The van der Waals surface area contributed by atoms with Crippen LogP contribution in [0, 0.1) is 0 Å². The number of pyridine rings is 1. The summed E-state index contributed by atoms with van der Waals surface area (Å²) in [5, 5.41) is 16.4. The molecule has 50 valence electrons. The molecule has 0 aliphatic heterocycles. The minimum atomic E-state index is 0.153. The predicted octanol–water partition coefficient (Wildman–Crippen LogP) is 0.435. The van der Waals surface area contributed by atoms with E-state index in [9.17, 15) is 0 Å². The molecule has 0 fully saturated rings. The summed E-state index contributed by atoms with van der Waals surface area (Å²) in [6, 6.07) is 3.30. The van der Waals surface area contributed by atoms with Gasteiger partial charge in [0.1, 0.15) is 6.33 Å². The van der Waals surface area contributed by atoms with E-state index in [0.29, 0.717) is 5.65 Å². The second-order valence-electron chi connectivity index (χ2n) is 1.96. The van der Waals surface area contributed by atoms with Crippen LogP contribution < -0.4 is 0 Å². The van der Waals surface area contributed by atoms with Crippen LogP contribution in [0.5, 0.6) is 5.75 Å². The molecule has 0 unspecified atom stereocenters. The first-order valence-corrected chi connectivity index (χ1v) is 2.85. The lowest BCUT2D eigenvalue weighted by atomic mass is 10.4. The molecule has 0 atom stereocenters. The van der Waals surface area contributed by atoms with Gasteiger partial charge >= 0.3 is 0 Å². The van der Waals surface area contributed by atoms with Crippen LogP contribution in [-0.4, -0.2) is 19.7 Å². The molecule has 2 aromatic rings. The van der Waals surface area contributed by atoms with Crippen LogP contribution in [0.2, 0.25) is 0 Å². The molecular formula is C6H5N3O. The zero-order chi connectivity index (χ0) is 6.97. The number of aromatic nitrogens is 3. The average Bonchev–Trinajstić information content (AvgIpc) is 2.36. The van der Waals surface area contributed by atoms with Crippen molar-refractivity contribution in [3.8, 4) is 5.75 Å². The third-order valence-electron chi connectivity index (χ3n) is 1.30. The van der Waals surface area contributed by atoms with Crippen LogP contribution in [-0.2, 0) is 0 Å². The molecule has 0 saturated heterocycles. The van der Waals surface area contributed by atoms with E-state index in [1.807, 2.05) is 0 Å². The number of hydrogen-bond donors (Lipinski definition) is 1. The van der Waals surface area contributed by atoms with Gasteiger partial charge in [0.2, 0.25) is 5.65 Å². The largest absolute Gasteiger partial charge is 0.504 e. The Kier molecular flexibility index (Phi) is 0.887. The summed E-state index contributed by atoms with van der Waals surface area (Å²) in [5.41, 5.74) is 0.488. The van der Waals surface area contributed by atoms with Crippen LogP contribution in [0.15, 0.2) is 24.7 Å². The summed E-state index contributed by atoms with van der Waals surface area (Å²) in [6.45, 7) is 0. The normalized spacial score (nSPS) is 10.4. The van der Waals surface area contributed by atoms with Gasteiger partial charge in [-0.05, 0) is 12.1 Å². The van der Waals surface area contributed by atoms with Gasteiger partial charge in [0, 0.05) is 6.20 Å². The Bertz CT molecular complexity index is 355. The lowest BCUT2D eigenvalue weighted by molar-refractivity contribution is 0.477. The third-order valence-corrected chi connectivity index (χ3v) is 1.30. The summed E-state index contributed by atoms with van der Waals surface area (Å²) in [4.78, 5) is 0. The number of aromatic hydroxyl groups is 1. The maximum Gasteiger partial charge on any atom is 0.202 e. The Hall–Kier alpha value is -1.58. The number of hydrogen-bond acceptors (Lipinski definition) is 3. The van der Waals surface area contributed by atoms with Crippen molar-refractivity contribution >= 4 is 5.65 Å². The molecule has 1 N–H and O–H groups in total. The Balaban J connectivity index is 2.95. The molecule has 0 aliphatic carbocycles. The molecule has 2 heterocycles. The fourth-order valence-corrected chi connectivity index (χ4v) is 0.836. The van der Waals surface area contributed by atoms with Crippen LogP contribution >= 0.6 is 0 Å². The summed E-state index contributed by atoms with van der Waals surface area (Å²) >= 11 is 0. The van der Waals surface area contributed by atoms with Crippen molar-refractivity contribution in [3.63, 3.8) is 0 Å². The van der Waals surface area contributed by atoms with Gasteiger partial charge in [-0.15, -0.1) is 10.2 Å². The third kappa shape index (κ3) is 0.556. The topological polar surface area (TPSA) is 50.4 Å². The first kappa shape index (κ1) is 5.22. The molecule has 0 amide bonds. The Labute approximate surface area is 56.8 Å². The highest BCUT2D eigenvalue weighted by Gasteiger charge is 1.97. The van der Waals surface area contributed by atoms with Crippen molar-refractivity contribution in [2.75, 3.05) is 0 Å². The van der Waals surface area contributed by atoms with Crippen molar-refractivity contribution in [1.29, 1.82) is 0 Å². The SMILES string of the molecule is Oc1cccn2cnnc12.